The highest BCUT2D eigenvalue weighted by atomic mass is 19.1. The summed E-state index contributed by atoms with van der Waals surface area (Å²) in [5.41, 5.74) is 0. The number of rotatable bonds is 7. The van der Waals surface area contributed by atoms with Crippen molar-refractivity contribution in [3.63, 3.8) is 0 Å². The van der Waals surface area contributed by atoms with Crippen LogP contribution < -0.4 is 15.4 Å². The minimum atomic E-state index is -0.368. The van der Waals surface area contributed by atoms with Gasteiger partial charge in [-0.1, -0.05) is 31.4 Å². The number of hydrogen-bond acceptors (Lipinski definition) is 3. The number of halogens is 1. The minimum Gasteiger partial charge on any atom is -0.486 e. The Bertz CT molecular complexity index is 721. The third kappa shape index (κ3) is 6.34. The summed E-state index contributed by atoms with van der Waals surface area (Å²) in [6, 6.07) is 6.59. The third-order valence-electron chi connectivity index (χ3n) is 5.81. The molecule has 2 atom stereocenters. The Balaban J connectivity index is 1.49. The second-order valence-corrected chi connectivity index (χ2v) is 8.33. The van der Waals surface area contributed by atoms with Gasteiger partial charge < -0.3 is 20.3 Å². The van der Waals surface area contributed by atoms with Gasteiger partial charge in [0.25, 0.3) is 0 Å². The fraction of sp³-hybridized carbons (Fsp3) is 0.652. The van der Waals surface area contributed by atoms with Gasteiger partial charge in [0, 0.05) is 31.6 Å². The topological polar surface area (TPSA) is 66.0 Å². The Morgan fingerprint density at radius 2 is 2.03 bits per heavy atom. The van der Waals surface area contributed by atoms with Crippen LogP contribution in [0.3, 0.4) is 0 Å². The van der Waals surface area contributed by atoms with E-state index in [1.807, 2.05) is 18.7 Å². The number of ether oxygens (including phenoxy) is 1. The van der Waals surface area contributed by atoms with E-state index >= 15 is 0 Å². The van der Waals surface area contributed by atoms with Crippen molar-refractivity contribution in [3.8, 4) is 5.75 Å². The molecule has 1 saturated heterocycles. The second kappa shape index (κ2) is 11.2. The summed E-state index contributed by atoms with van der Waals surface area (Å²) in [7, 11) is 0. The van der Waals surface area contributed by atoms with E-state index in [-0.39, 0.29) is 29.6 Å². The fourth-order valence-corrected chi connectivity index (χ4v) is 4.21. The van der Waals surface area contributed by atoms with E-state index in [9.17, 15) is 9.18 Å². The van der Waals surface area contributed by atoms with Crippen LogP contribution in [0, 0.1) is 11.7 Å². The van der Waals surface area contributed by atoms with Gasteiger partial charge in [0.15, 0.2) is 17.5 Å². The molecule has 3 rings (SSSR count). The van der Waals surface area contributed by atoms with Crippen molar-refractivity contribution in [3.05, 3.63) is 30.1 Å². The van der Waals surface area contributed by atoms with E-state index in [1.54, 1.807) is 18.2 Å². The van der Waals surface area contributed by atoms with Crippen LogP contribution in [0.25, 0.3) is 0 Å². The lowest BCUT2D eigenvalue weighted by atomic mass is 9.88. The lowest BCUT2D eigenvalue weighted by Crippen LogP contribution is -2.46. The van der Waals surface area contributed by atoms with Crippen molar-refractivity contribution in [2.75, 3.05) is 26.2 Å². The van der Waals surface area contributed by atoms with Crippen molar-refractivity contribution in [1.29, 1.82) is 0 Å². The maximum atomic E-state index is 13.8. The second-order valence-electron chi connectivity index (χ2n) is 8.33. The summed E-state index contributed by atoms with van der Waals surface area (Å²) in [6.07, 6.45) is 6.35. The maximum Gasteiger partial charge on any atom is 0.225 e. The van der Waals surface area contributed by atoms with E-state index in [0.717, 1.165) is 38.9 Å². The lowest BCUT2D eigenvalue weighted by Gasteiger charge is -2.26. The zero-order valence-electron chi connectivity index (χ0n) is 18.2. The number of carbonyl (C=O) groups excluding carboxylic acids is 1. The van der Waals surface area contributed by atoms with Crippen LogP contribution in [0.4, 0.5) is 4.39 Å². The number of likely N-dealkylation sites (tertiary alicyclic amines) is 1. The SMILES string of the molecule is CCNC(=NCC(C)Oc1ccccc1F)NC1CCN(C(=O)C2CCCCC2)C1. The van der Waals surface area contributed by atoms with Gasteiger partial charge in [-0.05, 0) is 45.2 Å². The molecule has 0 radical (unpaired) electrons. The summed E-state index contributed by atoms with van der Waals surface area (Å²) in [4.78, 5) is 19.4. The van der Waals surface area contributed by atoms with Gasteiger partial charge in [-0.2, -0.15) is 0 Å². The van der Waals surface area contributed by atoms with Gasteiger partial charge in [0.2, 0.25) is 5.91 Å². The highest BCUT2D eigenvalue weighted by molar-refractivity contribution is 5.81. The van der Waals surface area contributed by atoms with E-state index < -0.39 is 0 Å². The number of para-hydroxylation sites is 1. The van der Waals surface area contributed by atoms with Crippen LogP contribution in [-0.2, 0) is 4.79 Å². The summed E-state index contributed by atoms with van der Waals surface area (Å²) in [5, 5.41) is 6.70. The Labute approximate surface area is 179 Å². The molecule has 2 aliphatic rings. The molecule has 2 N–H and O–H groups in total. The predicted octanol–water partition coefficient (Wildman–Crippen LogP) is 3.33. The highest BCUT2D eigenvalue weighted by Gasteiger charge is 2.31. The minimum absolute atomic E-state index is 0.193. The van der Waals surface area contributed by atoms with Gasteiger partial charge in [0.05, 0.1) is 6.54 Å². The molecule has 30 heavy (non-hydrogen) atoms. The van der Waals surface area contributed by atoms with Gasteiger partial charge in [0.1, 0.15) is 6.10 Å². The quantitative estimate of drug-likeness (QED) is 0.527. The van der Waals surface area contributed by atoms with Crippen molar-refractivity contribution in [2.24, 2.45) is 10.9 Å². The van der Waals surface area contributed by atoms with E-state index in [4.69, 9.17) is 4.74 Å². The molecule has 2 fully saturated rings. The Hall–Kier alpha value is -2.31. The zero-order valence-corrected chi connectivity index (χ0v) is 18.2. The molecule has 0 aromatic heterocycles. The molecule has 0 spiro atoms. The average molecular weight is 419 g/mol. The molecule has 2 unspecified atom stereocenters. The summed E-state index contributed by atoms with van der Waals surface area (Å²) >= 11 is 0. The molecule has 1 heterocycles. The number of benzene rings is 1. The summed E-state index contributed by atoms with van der Waals surface area (Å²) in [6.45, 7) is 6.57. The largest absolute Gasteiger partial charge is 0.486 e. The third-order valence-corrected chi connectivity index (χ3v) is 5.81. The first-order valence-corrected chi connectivity index (χ1v) is 11.3. The number of guanidine groups is 1. The number of aliphatic imine (C=N–C) groups is 1. The van der Waals surface area contributed by atoms with E-state index in [1.165, 1.54) is 25.3 Å². The first-order valence-electron chi connectivity index (χ1n) is 11.3. The molecule has 1 aliphatic carbocycles. The predicted molar refractivity (Wildman–Crippen MR) is 117 cm³/mol. The van der Waals surface area contributed by atoms with E-state index in [2.05, 4.69) is 15.6 Å². The molecule has 1 saturated carbocycles. The molecule has 1 aromatic rings. The summed E-state index contributed by atoms with van der Waals surface area (Å²) in [5.74, 6) is 1.12. The highest BCUT2D eigenvalue weighted by Crippen LogP contribution is 2.26. The van der Waals surface area contributed by atoms with Crippen molar-refractivity contribution in [2.45, 2.75) is 64.5 Å². The van der Waals surface area contributed by atoms with Crippen LogP contribution in [0.1, 0.15) is 52.4 Å². The van der Waals surface area contributed by atoms with E-state index in [0.29, 0.717) is 18.4 Å². The first kappa shape index (κ1) is 22.4. The molecular formula is C23H35FN4O2. The average Bonchev–Trinajstić information content (AvgIpc) is 3.22. The number of nitrogens with zero attached hydrogens (tertiary/aromatic N) is 2. The van der Waals surface area contributed by atoms with Gasteiger partial charge in [-0.25, -0.2) is 9.38 Å². The van der Waals surface area contributed by atoms with Crippen molar-refractivity contribution in [1.82, 2.24) is 15.5 Å². The summed E-state index contributed by atoms with van der Waals surface area (Å²) < 4.78 is 19.4. The molecule has 6 nitrogen and oxygen atoms in total. The normalized spacial score (nSPS) is 21.4. The molecule has 1 aromatic carbocycles. The van der Waals surface area contributed by atoms with Crippen LogP contribution in [0.5, 0.6) is 5.75 Å². The number of carbonyl (C=O) groups is 1. The first-order chi connectivity index (χ1) is 14.6. The number of nitrogens with one attached hydrogen (secondary N) is 2. The Morgan fingerprint density at radius 1 is 1.27 bits per heavy atom. The molecule has 7 heteroatoms. The van der Waals surface area contributed by atoms with Crippen LogP contribution in [0.2, 0.25) is 0 Å². The van der Waals surface area contributed by atoms with Crippen molar-refractivity contribution >= 4 is 11.9 Å². The van der Waals surface area contributed by atoms with Crippen molar-refractivity contribution < 1.29 is 13.9 Å². The molecular weight excluding hydrogens is 383 g/mol. The number of hydrogen-bond donors (Lipinski definition) is 2. The zero-order chi connectivity index (χ0) is 21.3. The molecule has 1 aliphatic heterocycles. The Kier molecular flexibility index (Phi) is 8.34. The monoisotopic (exact) mass is 418 g/mol. The van der Waals surface area contributed by atoms with Crippen LogP contribution in [-0.4, -0.2) is 55.1 Å². The lowest BCUT2D eigenvalue weighted by molar-refractivity contribution is -0.135. The van der Waals surface area contributed by atoms with Crippen LogP contribution >= 0.6 is 0 Å². The van der Waals surface area contributed by atoms with Gasteiger partial charge in [-0.15, -0.1) is 0 Å². The van der Waals surface area contributed by atoms with Gasteiger partial charge >= 0.3 is 0 Å². The molecule has 166 valence electrons. The Morgan fingerprint density at radius 3 is 2.77 bits per heavy atom. The maximum absolute atomic E-state index is 13.8. The molecule has 1 amide bonds. The number of amides is 1. The van der Waals surface area contributed by atoms with Crippen LogP contribution in [0.15, 0.2) is 29.3 Å². The van der Waals surface area contributed by atoms with Gasteiger partial charge in [-0.3, -0.25) is 4.79 Å². The molecule has 0 bridgehead atoms. The standard InChI is InChI=1S/C23H35FN4O2/c1-3-25-23(26-15-17(2)30-21-12-8-7-11-20(21)24)27-19-13-14-28(16-19)22(29)18-9-5-4-6-10-18/h7-8,11-12,17-19H,3-6,9-10,13-16H2,1-2H3,(H2,25,26,27). The smallest absolute Gasteiger partial charge is 0.225 e. The fourth-order valence-electron chi connectivity index (χ4n) is 4.21.